The molecule has 0 bridgehead atoms. The van der Waals surface area contributed by atoms with E-state index in [9.17, 15) is 9.59 Å². The standard InChI is InChI=1S/C13H18N4O2/c1-9(2)15-12(18)16-10-4-3-5-11(8-10)17-7-6-14-13(17)19/h3-5,8-9H,6-7H2,1-2H3,(H,14,19)(H2,15,16,18). The summed E-state index contributed by atoms with van der Waals surface area (Å²) in [5.41, 5.74) is 1.44. The summed E-state index contributed by atoms with van der Waals surface area (Å²) in [6.45, 7) is 5.07. The zero-order valence-corrected chi connectivity index (χ0v) is 11.1. The molecule has 3 N–H and O–H groups in total. The van der Waals surface area contributed by atoms with Crippen LogP contribution in [-0.4, -0.2) is 31.2 Å². The molecular weight excluding hydrogens is 244 g/mol. The Morgan fingerprint density at radius 3 is 2.84 bits per heavy atom. The number of hydrogen-bond acceptors (Lipinski definition) is 2. The molecule has 102 valence electrons. The molecule has 0 unspecified atom stereocenters. The van der Waals surface area contributed by atoms with Crippen LogP contribution in [0.15, 0.2) is 24.3 Å². The highest BCUT2D eigenvalue weighted by molar-refractivity contribution is 5.95. The summed E-state index contributed by atoms with van der Waals surface area (Å²) < 4.78 is 0. The topological polar surface area (TPSA) is 73.5 Å². The molecule has 1 aromatic carbocycles. The van der Waals surface area contributed by atoms with Crippen LogP contribution in [0.1, 0.15) is 13.8 Å². The molecule has 19 heavy (non-hydrogen) atoms. The largest absolute Gasteiger partial charge is 0.336 e. The normalized spacial score (nSPS) is 14.5. The maximum atomic E-state index is 11.6. The quantitative estimate of drug-likeness (QED) is 0.776. The maximum absolute atomic E-state index is 11.6. The van der Waals surface area contributed by atoms with Crippen LogP contribution in [0, 0.1) is 0 Å². The van der Waals surface area contributed by atoms with Crippen molar-refractivity contribution in [3.05, 3.63) is 24.3 Å². The fourth-order valence-electron chi connectivity index (χ4n) is 1.90. The van der Waals surface area contributed by atoms with E-state index in [-0.39, 0.29) is 18.1 Å². The van der Waals surface area contributed by atoms with Crippen LogP contribution in [0.2, 0.25) is 0 Å². The number of hydrogen-bond donors (Lipinski definition) is 3. The monoisotopic (exact) mass is 262 g/mol. The second kappa shape index (κ2) is 5.60. The molecule has 1 aliphatic heterocycles. The summed E-state index contributed by atoms with van der Waals surface area (Å²) in [7, 11) is 0. The van der Waals surface area contributed by atoms with E-state index >= 15 is 0 Å². The molecule has 0 saturated carbocycles. The fourth-order valence-corrected chi connectivity index (χ4v) is 1.90. The van der Waals surface area contributed by atoms with E-state index in [2.05, 4.69) is 16.0 Å². The van der Waals surface area contributed by atoms with Gasteiger partial charge >= 0.3 is 12.1 Å². The Kier molecular flexibility index (Phi) is 3.89. The zero-order chi connectivity index (χ0) is 13.8. The van der Waals surface area contributed by atoms with Crippen molar-refractivity contribution >= 4 is 23.4 Å². The van der Waals surface area contributed by atoms with E-state index in [1.165, 1.54) is 0 Å². The fraction of sp³-hybridized carbons (Fsp3) is 0.385. The van der Waals surface area contributed by atoms with Crippen molar-refractivity contribution in [2.45, 2.75) is 19.9 Å². The Balaban J connectivity index is 2.07. The number of benzene rings is 1. The first-order valence-corrected chi connectivity index (χ1v) is 6.29. The van der Waals surface area contributed by atoms with Gasteiger partial charge in [0.25, 0.3) is 0 Å². The molecule has 1 heterocycles. The lowest BCUT2D eigenvalue weighted by Crippen LogP contribution is -2.34. The number of urea groups is 2. The van der Waals surface area contributed by atoms with Gasteiger partial charge < -0.3 is 16.0 Å². The summed E-state index contributed by atoms with van der Waals surface area (Å²) in [6, 6.07) is 6.94. The van der Waals surface area contributed by atoms with Crippen LogP contribution < -0.4 is 20.9 Å². The Morgan fingerprint density at radius 2 is 2.21 bits per heavy atom. The van der Waals surface area contributed by atoms with Crippen molar-refractivity contribution in [2.75, 3.05) is 23.3 Å². The predicted octanol–water partition coefficient (Wildman–Crippen LogP) is 1.75. The molecule has 6 nitrogen and oxygen atoms in total. The first kappa shape index (κ1) is 13.2. The summed E-state index contributed by atoms with van der Waals surface area (Å²) in [6.07, 6.45) is 0. The van der Waals surface area contributed by atoms with Crippen LogP contribution in [0.4, 0.5) is 21.0 Å². The predicted molar refractivity (Wildman–Crippen MR) is 74.5 cm³/mol. The number of nitrogens with zero attached hydrogens (tertiary/aromatic N) is 1. The molecule has 0 aliphatic carbocycles. The average molecular weight is 262 g/mol. The first-order chi connectivity index (χ1) is 9.06. The van der Waals surface area contributed by atoms with Gasteiger partial charge in [0.1, 0.15) is 0 Å². The lowest BCUT2D eigenvalue weighted by atomic mass is 10.2. The zero-order valence-electron chi connectivity index (χ0n) is 11.1. The van der Waals surface area contributed by atoms with Gasteiger partial charge in [-0.3, -0.25) is 4.90 Å². The molecule has 1 saturated heterocycles. The van der Waals surface area contributed by atoms with E-state index in [0.29, 0.717) is 18.8 Å². The number of rotatable bonds is 3. The second-order valence-corrected chi connectivity index (χ2v) is 4.69. The van der Waals surface area contributed by atoms with Crippen LogP contribution in [0.25, 0.3) is 0 Å². The number of carbonyl (C=O) groups excluding carboxylic acids is 2. The van der Waals surface area contributed by atoms with E-state index in [1.54, 1.807) is 17.0 Å². The van der Waals surface area contributed by atoms with Gasteiger partial charge in [0.05, 0.1) is 0 Å². The average Bonchev–Trinajstić information content (AvgIpc) is 2.74. The van der Waals surface area contributed by atoms with Crippen LogP contribution >= 0.6 is 0 Å². The van der Waals surface area contributed by atoms with E-state index < -0.39 is 0 Å². The van der Waals surface area contributed by atoms with Crippen molar-refractivity contribution in [2.24, 2.45) is 0 Å². The van der Waals surface area contributed by atoms with E-state index in [0.717, 1.165) is 5.69 Å². The summed E-state index contributed by atoms with van der Waals surface area (Å²) in [5.74, 6) is 0. The number of anilines is 2. The van der Waals surface area contributed by atoms with Crippen molar-refractivity contribution in [1.82, 2.24) is 10.6 Å². The Hall–Kier alpha value is -2.24. The second-order valence-electron chi connectivity index (χ2n) is 4.69. The SMILES string of the molecule is CC(C)NC(=O)Nc1cccc(N2CCNC2=O)c1. The van der Waals surface area contributed by atoms with Crippen molar-refractivity contribution < 1.29 is 9.59 Å². The Morgan fingerprint density at radius 1 is 1.42 bits per heavy atom. The minimum atomic E-state index is -0.252. The van der Waals surface area contributed by atoms with Gasteiger partial charge in [0.15, 0.2) is 0 Å². The van der Waals surface area contributed by atoms with Gasteiger partial charge in [0, 0.05) is 30.5 Å². The van der Waals surface area contributed by atoms with Gasteiger partial charge in [-0.2, -0.15) is 0 Å². The minimum absolute atomic E-state index is 0.0764. The molecule has 0 spiro atoms. The van der Waals surface area contributed by atoms with Gasteiger partial charge in [-0.1, -0.05) is 6.07 Å². The summed E-state index contributed by atoms with van der Waals surface area (Å²) in [4.78, 5) is 24.8. The van der Waals surface area contributed by atoms with Crippen LogP contribution in [-0.2, 0) is 0 Å². The molecule has 0 radical (unpaired) electrons. The highest BCUT2D eigenvalue weighted by Gasteiger charge is 2.21. The lowest BCUT2D eigenvalue weighted by Gasteiger charge is -2.16. The number of carbonyl (C=O) groups is 2. The molecular formula is C13H18N4O2. The first-order valence-electron chi connectivity index (χ1n) is 6.29. The number of amides is 4. The van der Waals surface area contributed by atoms with Crippen molar-refractivity contribution in [1.29, 1.82) is 0 Å². The van der Waals surface area contributed by atoms with Crippen molar-refractivity contribution in [3.8, 4) is 0 Å². The maximum Gasteiger partial charge on any atom is 0.321 e. The third-order valence-electron chi connectivity index (χ3n) is 2.69. The van der Waals surface area contributed by atoms with Crippen molar-refractivity contribution in [3.63, 3.8) is 0 Å². The molecule has 0 atom stereocenters. The Bertz CT molecular complexity index is 487. The molecule has 1 aromatic rings. The lowest BCUT2D eigenvalue weighted by molar-refractivity contribution is 0.249. The van der Waals surface area contributed by atoms with Crippen LogP contribution in [0.5, 0.6) is 0 Å². The minimum Gasteiger partial charge on any atom is -0.336 e. The molecule has 1 aliphatic rings. The van der Waals surface area contributed by atoms with E-state index in [1.807, 2.05) is 26.0 Å². The van der Waals surface area contributed by atoms with Crippen LogP contribution in [0.3, 0.4) is 0 Å². The smallest absolute Gasteiger partial charge is 0.321 e. The Labute approximate surface area is 112 Å². The van der Waals surface area contributed by atoms with Gasteiger partial charge in [-0.05, 0) is 32.0 Å². The molecule has 6 heteroatoms. The van der Waals surface area contributed by atoms with Gasteiger partial charge in [-0.15, -0.1) is 0 Å². The number of nitrogens with one attached hydrogen (secondary N) is 3. The van der Waals surface area contributed by atoms with Gasteiger partial charge in [0.2, 0.25) is 0 Å². The van der Waals surface area contributed by atoms with Gasteiger partial charge in [-0.25, -0.2) is 9.59 Å². The molecule has 1 fully saturated rings. The molecule has 4 amide bonds. The third kappa shape index (κ3) is 3.37. The highest BCUT2D eigenvalue weighted by Crippen LogP contribution is 2.20. The van der Waals surface area contributed by atoms with E-state index in [4.69, 9.17) is 0 Å². The third-order valence-corrected chi connectivity index (χ3v) is 2.69. The summed E-state index contributed by atoms with van der Waals surface area (Å²) >= 11 is 0. The highest BCUT2D eigenvalue weighted by atomic mass is 16.2. The molecule has 2 rings (SSSR count). The summed E-state index contributed by atoms with van der Waals surface area (Å²) in [5, 5.41) is 8.23. The molecule has 0 aromatic heterocycles.